The van der Waals surface area contributed by atoms with Crippen molar-refractivity contribution in [2.24, 2.45) is 0 Å². The first-order valence-electron chi connectivity index (χ1n) is 8.90. The van der Waals surface area contributed by atoms with E-state index in [1.54, 1.807) is 37.3 Å². The van der Waals surface area contributed by atoms with E-state index < -0.39 is 24.0 Å². The van der Waals surface area contributed by atoms with Crippen LogP contribution >= 0.6 is 0 Å². The lowest BCUT2D eigenvalue weighted by Gasteiger charge is -2.24. The fourth-order valence-corrected chi connectivity index (χ4v) is 2.88. The van der Waals surface area contributed by atoms with Crippen LogP contribution in [0.5, 0.6) is 11.5 Å². The molecule has 1 amide bonds. The van der Waals surface area contributed by atoms with Gasteiger partial charge in [-0.05, 0) is 24.6 Å². The highest BCUT2D eigenvalue weighted by molar-refractivity contribution is 5.83. The van der Waals surface area contributed by atoms with E-state index in [1.165, 1.54) is 14.2 Å². The zero-order chi connectivity index (χ0) is 20.5. The molecule has 2 aromatic carbocycles. The number of methoxy groups -OCH3 is 2. The van der Waals surface area contributed by atoms with Gasteiger partial charge in [0, 0.05) is 18.2 Å². The summed E-state index contributed by atoms with van der Waals surface area (Å²) in [4.78, 5) is 24.3. The zero-order valence-corrected chi connectivity index (χ0v) is 16.2. The van der Waals surface area contributed by atoms with Crippen LogP contribution in [0.4, 0.5) is 0 Å². The van der Waals surface area contributed by atoms with E-state index in [0.29, 0.717) is 29.2 Å². The van der Waals surface area contributed by atoms with Crippen molar-refractivity contribution < 1.29 is 28.9 Å². The zero-order valence-electron chi connectivity index (χ0n) is 16.2. The van der Waals surface area contributed by atoms with Gasteiger partial charge in [0.1, 0.15) is 11.5 Å². The van der Waals surface area contributed by atoms with Gasteiger partial charge in [0.2, 0.25) is 0 Å². The normalized spacial score (nSPS) is 12.7. The molecule has 28 heavy (non-hydrogen) atoms. The van der Waals surface area contributed by atoms with Crippen molar-refractivity contribution in [2.75, 3.05) is 20.8 Å². The molecule has 2 rings (SSSR count). The SMILES string of the molecule is CCOC(C(=O)NC(CC(=O)O)c1ccc(OC)cc1OC)c1ccccc1. The number of carboxylic acids is 1. The van der Waals surface area contributed by atoms with E-state index in [1.807, 2.05) is 18.2 Å². The van der Waals surface area contributed by atoms with E-state index in [2.05, 4.69) is 5.32 Å². The highest BCUT2D eigenvalue weighted by Crippen LogP contribution is 2.32. The Morgan fingerprint density at radius 3 is 2.36 bits per heavy atom. The Hall–Kier alpha value is -3.06. The first kappa shape index (κ1) is 21.2. The Morgan fingerprint density at radius 1 is 1.07 bits per heavy atom. The molecule has 2 atom stereocenters. The molecule has 0 aliphatic heterocycles. The second-order valence-electron chi connectivity index (χ2n) is 6.01. The van der Waals surface area contributed by atoms with E-state index in [4.69, 9.17) is 14.2 Å². The highest BCUT2D eigenvalue weighted by Gasteiger charge is 2.27. The second kappa shape index (κ2) is 10.3. The maximum Gasteiger partial charge on any atom is 0.305 e. The molecule has 0 heterocycles. The Morgan fingerprint density at radius 2 is 1.79 bits per heavy atom. The Balaban J connectivity index is 2.33. The third-order valence-electron chi connectivity index (χ3n) is 4.19. The number of ether oxygens (including phenoxy) is 3. The number of hydrogen-bond acceptors (Lipinski definition) is 5. The van der Waals surface area contributed by atoms with Crippen LogP contribution in [0.3, 0.4) is 0 Å². The van der Waals surface area contributed by atoms with Gasteiger partial charge in [-0.1, -0.05) is 30.3 Å². The molecule has 2 aromatic rings. The number of benzene rings is 2. The molecule has 0 aromatic heterocycles. The summed E-state index contributed by atoms with van der Waals surface area (Å²) < 4.78 is 16.2. The third kappa shape index (κ3) is 5.47. The monoisotopic (exact) mass is 387 g/mol. The number of hydrogen-bond donors (Lipinski definition) is 2. The van der Waals surface area contributed by atoms with Crippen molar-refractivity contribution >= 4 is 11.9 Å². The number of nitrogens with one attached hydrogen (secondary N) is 1. The summed E-state index contributed by atoms with van der Waals surface area (Å²) in [5.41, 5.74) is 1.24. The number of amides is 1. The van der Waals surface area contributed by atoms with Crippen molar-refractivity contribution in [3.8, 4) is 11.5 Å². The quantitative estimate of drug-likeness (QED) is 0.651. The van der Waals surface area contributed by atoms with Crippen molar-refractivity contribution in [1.82, 2.24) is 5.32 Å². The van der Waals surface area contributed by atoms with Gasteiger partial charge in [-0.25, -0.2) is 0 Å². The highest BCUT2D eigenvalue weighted by atomic mass is 16.5. The summed E-state index contributed by atoms with van der Waals surface area (Å²) >= 11 is 0. The van der Waals surface area contributed by atoms with Gasteiger partial charge in [-0.3, -0.25) is 9.59 Å². The number of carbonyl (C=O) groups is 2. The van der Waals surface area contributed by atoms with Gasteiger partial charge < -0.3 is 24.6 Å². The minimum Gasteiger partial charge on any atom is -0.497 e. The van der Waals surface area contributed by atoms with Crippen LogP contribution in [0.2, 0.25) is 0 Å². The smallest absolute Gasteiger partial charge is 0.305 e. The number of carboxylic acid groups (broad SMARTS) is 1. The lowest BCUT2D eigenvalue weighted by atomic mass is 10.0. The van der Waals surface area contributed by atoms with Gasteiger partial charge in [0.05, 0.1) is 26.7 Å². The molecule has 2 N–H and O–H groups in total. The molecule has 0 saturated carbocycles. The van der Waals surface area contributed by atoms with Crippen LogP contribution in [0, 0.1) is 0 Å². The number of carbonyl (C=O) groups excluding carboxylic acids is 1. The van der Waals surface area contributed by atoms with Gasteiger partial charge in [-0.2, -0.15) is 0 Å². The average Bonchev–Trinajstić information content (AvgIpc) is 2.71. The van der Waals surface area contributed by atoms with Crippen molar-refractivity contribution in [3.63, 3.8) is 0 Å². The van der Waals surface area contributed by atoms with Crippen LogP contribution in [-0.4, -0.2) is 37.8 Å². The van der Waals surface area contributed by atoms with Crippen LogP contribution in [-0.2, 0) is 14.3 Å². The molecule has 0 aliphatic carbocycles. The molecule has 7 nitrogen and oxygen atoms in total. The Labute approximate surface area is 164 Å². The lowest BCUT2D eigenvalue weighted by molar-refractivity contribution is -0.138. The maximum atomic E-state index is 12.9. The standard InChI is InChI=1S/C21H25NO6/c1-4-28-20(14-8-6-5-7-9-14)21(25)22-17(13-19(23)24)16-11-10-15(26-2)12-18(16)27-3/h5-12,17,20H,4,13H2,1-3H3,(H,22,25)(H,23,24). The molecule has 150 valence electrons. The van der Waals surface area contributed by atoms with Gasteiger partial charge in [0.15, 0.2) is 6.10 Å². The summed E-state index contributed by atoms with van der Waals surface area (Å²) in [7, 11) is 3.00. The number of aliphatic carboxylic acids is 1. The van der Waals surface area contributed by atoms with Crippen molar-refractivity contribution in [1.29, 1.82) is 0 Å². The van der Waals surface area contributed by atoms with Gasteiger partial charge in [0.25, 0.3) is 5.91 Å². The first-order valence-corrected chi connectivity index (χ1v) is 8.90. The summed E-state index contributed by atoms with van der Waals surface area (Å²) in [5.74, 6) is -0.468. The largest absolute Gasteiger partial charge is 0.497 e. The van der Waals surface area contributed by atoms with E-state index in [0.717, 1.165) is 0 Å². The van der Waals surface area contributed by atoms with Crippen molar-refractivity contribution in [3.05, 3.63) is 59.7 Å². The van der Waals surface area contributed by atoms with E-state index in [-0.39, 0.29) is 6.42 Å². The third-order valence-corrected chi connectivity index (χ3v) is 4.19. The summed E-state index contributed by atoms with van der Waals surface area (Å²) in [6.07, 6.45) is -1.14. The lowest BCUT2D eigenvalue weighted by Crippen LogP contribution is -2.35. The van der Waals surface area contributed by atoms with Crippen LogP contribution in [0.1, 0.15) is 36.6 Å². The molecule has 7 heteroatoms. The van der Waals surface area contributed by atoms with Gasteiger partial charge >= 0.3 is 5.97 Å². The topological polar surface area (TPSA) is 94.1 Å². The summed E-state index contributed by atoms with van der Waals surface area (Å²) in [6, 6.07) is 13.3. The molecule has 2 unspecified atom stereocenters. The fraction of sp³-hybridized carbons (Fsp3) is 0.333. The predicted molar refractivity (Wildman–Crippen MR) is 103 cm³/mol. The van der Waals surface area contributed by atoms with E-state index in [9.17, 15) is 14.7 Å². The minimum absolute atomic E-state index is 0.304. The Bertz CT molecular complexity index is 793. The van der Waals surface area contributed by atoms with Crippen LogP contribution in [0.25, 0.3) is 0 Å². The molecule has 0 fully saturated rings. The molecule has 0 saturated heterocycles. The fourth-order valence-electron chi connectivity index (χ4n) is 2.88. The predicted octanol–water partition coefficient (Wildman–Crippen LogP) is 3.11. The molecule has 0 bridgehead atoms. The molecule has 0 spiro atoms. The Kier molecular flexibility index (Phi) is 7.83. The van der Waals surface area contributed by atoms with Crippen LogP contribution < -0.4 is 14.8 Å². The molecular formula is C21H25NO6. The molecular weight excluding hydrogens is 362 g/mol. The van der Waals surface area contributed by atoms with Gasteiger partial charge in [-0.15, -0.1) is 0 Å². The minimum atomic E-state index is -1.05. The van der Waals surface area contributed by atoms with E-state index >= 15 is 0 Å². The molecule has 0 aliphatic rings. The van der Waals surface area contributed by atoms with Crippen LogP contribution in [0.15, 0.2) is 48.5 Å². The van der Waals surface area contributed by atoms with Crippen molar-refractivity contribution in [2.45, 2.75) is 25.5 Å². The second-order valence-corrected chi connectivity index (χ2v) is 6.01. The first-order chi connectivity index (χ1) is 13.5. The number of rotatable bonds is 10. The average molecular weight is 387 g/mol. The summed E-state index contributed by atoms with van der Waals surface area (Å²) in [6.45, 7) is 2.13. The maximum absolute atomic E-state index is 12.9. The summed E-state index contributed by atoms with van der Waals surface area (Å²) in [5, 5.41) is 12.1. The molecule has 0 radical (unpaired) electrons.